The summed E-state index contributed by atoms with van der Waals surface area (Å²) in [6, 6.07) is 0. The smallest absolute Gasteiger partial charge is 0.237 e. The van der Waals surface area contributed by atoms with Crippen molar-refractivity contribution in [2.75, 3.05) is 13.6 Å². The van der Waals surface area contributed by atoms with E-state index in [-0.39, 0.29) is 12.5 Å². The van der Waals surface area contributed by atoms with Crippen LogP contribution in [0.15, 0.2) is 0 Å². The molecule has 0 unspecified atom stereocenters. The van der Waals surface area contributed by atoms with E-state index in [2.05, 4.69) is 0 Å². The maximum absolute atomic E-state index is 11.2. The normalized spacial score (nSPS) is 10.0. The molecule has 0 fully saturated rings. The SMILES string of the molecule is CC(C)CC(=O)N(C)CC(N)=O. The maximum atomic E-state index is 11.2. The second-order valence-corrected chi connectivity index (χ2v) is 3.31. The summed E-state index contributed by atoms with van der Waals surface area (Å²) in [6.07, 6.45) is 0.462. The molecule has 0 aliphatic rings. The van der Waals surface area contributed by atoms with Gasteiger partial charge >= 0.3 is 0 Å². The Labute approximate surface area is 72.7 Å². The maximum Gasteiger partial charge on any atom is 0.237 e. The zero-order valence-electron chi connectivity index (χ0n) is 7.83. The molecule has 0 heterocycles. The van der Waals surface area contributed by atoms with E-state index in [1.807, 2.05) is 13.8 Å². The average Bonchev–Trinajstić information content (AvgIpc) is 1.84. The highest BCUT2D eigenvalue weighted by atomic mass is 16.2. The molecular weight excluding hydrogens is 156 g/mol. The fourth-order valence-electron chi connectivity index (χ4n) is 0.827. The third kappa shape index (κ3) is 4.71. The second kappa shape index (κ2) is 4.74. The topological polar surface area (TPSA) is 63.4 Å². The molecule has 0 saturated heterocycles. The van der Waals surface area contributed by atoms with Crippen molar-refractivity contribution in [1.29, 1.82) is 0 Å². The fourth-order valence-corrected chi connectivity index (χ4v) is 0.827. The summed E-state index contributed by atoms with van der Waals surface area (Å²) < 4.78 is 0. The van der Waals surface area contributed by atoms with Gasteiger partial charge in [0.25, 0.3) is 0 Å². The van der Waals surface area contributed by atoms with Gasteiger partial charge in [0, 0.05) is 13.5 Å². The molecule has 0 aliphatic heterocycles. The van der Waals surface area contributed by atoms with Crippen LogP contribution in [0.5, 0.6) is 0 Å². The van der Waals surface area contributed by atoms with Crippen LogP contribution in [-0.2, 0) is 9.59 Å². The van der Waals surface area contributed by atoms with Crippen LogP contribution in [0.4, 0.5) is 0 Å². The highest BCUT2D eigenvalue weighted by Crippen LogP contribution is 2.01. The van der Waals surface area contributed by atoms with Crippen molar-refractivity contribution in [1.82, 2.24) is 4.90 Å². The van der Waals surface area contributed by atoms with E-state index in [0.29, 0.717) is 12.3 Å². The summed E-state index contributed by atoms with van der Waals surface area (Å²) in [5.74, 6) is -0.203. The molecule has 4 heteroatoms. The lowest BCUT2D eigenvalue weighted by Gasteiger charge is -2.15. The van der Waals surface area contributed by atoms with Crippen LogP contribution in [0.25, 0.3) is 0 Å². The predicted molar refractivity (Wildman–Crippen MR) is 46.3 cm³/mol. The first kappa shape index (κ1) is 10.9. The minimum Gasteiger partial charge on any atom is -0.368 e. The van der Waals surface area contributed by atoms with Crippen LogP contribution >= 0.6 is 0 Å². The van der Waals surface area contributed by atoms with Crippen molar-refractivity contribution in [2.24, 2.45) is 11.7 Å². The van der Waals surface area contributed by atoms with Crippen molar-refractivity contribution in [3.05, 3.63) is 0 Å². The summed E-state index contributed by atoms with van der Waals surface area (Å²) in [5.41, 5.74) is 4.93. The number of likely N-dealkylation sites (N-methyl/N-ethyl adjacent to an activating group) is 1. The van der Waals surface area contributed by atoms with Gasteiger partial charge < -0.3 is 10.6 Å². The fraction of sp³-hybridized carbons (Fsp3) is 0.750. The van der Waals surface area contributed by atoms with Gasteiger partial charge in [-0.3, -0.25) is 9.59 Å². The number of amides is 2. The summed E-state index contributed by atoms with van der Waals surface area (Å²) >= 11 is 0. The second-order valence-electron chi connectivity index (χ2n) is 3.31. The third-order valence-corrected chi connectivity index (χ3v) is 1.40. The summed E-state index contributed by atoms with van der Waals surface area (Å²) in [5, 5.41) is 0. The van der Waals surface area contributed by atoms with Crippen molar-refractivity contribution < 1.29 is 9.59 Å². The van der Waals surface area contributed by atoms with Crippen molar-refractivity contribution >= 4 is 11.8 Å². The molecule has 0 aromatic heterocycles. The zero-order valence-corrected chi connectivity index (χ0v) is 7.83. The van der Waals surface area contributed by atoms with E-state index < -0.39 is 5.91 Å². The Morgan fingerprint density at radius 3 is 2.25 bits per heavy atom. The molecule has 2 amide bonds. The number of carbonyl (C=O) groups excluding carboxylic acids is 2. The van der Waals surface area contributed by atoms with Crippen LogP contribution < -0.4 is 5.73 Å². The van der Waals surface area contributed by atoms with Gasteiger partial charge in [-0.15, -0.1) is 0 Å². The Balaban J connectivity index is 3.85. The van der Waals surface area contributed by atoms with Crippen molar-refractivity contribution in [3.63, 3.8) is 0 Å². The number of primary amides is 1. The molecule has 0 aliphatic carbocycles. The Bertz CT molecular complexity index is 178. The first-order valence-corrected chi connectivity index (χ1v) is 3.95. The lowest BCUT2D eigenvalue weighted by molar-refractivity contribution is -0.134. The molecule has 0 aromatic rings. The molecule has 12 heavy (non-hydrogen) atoms. The molecule has 2 N–H and O–H groups in total. The standard InChI is InChI=1S/C8H16N2O2/c1-6(2)4-8(12)10(3)5-7(9)11/h6H,4-5H2,1-3H3,(H2,9,11). The number of nitrogens with zero attached hydrogens (tertiary/aromatic N) is 1. The monoisotopic (exact) mass is 172 g/mol. The van der Waals surface area contributed by atoms with Crippen molar-refractivity contribution in [3.8, 4) is 0 Å². The molecule has 0 aromatic carbocycles. The number of rotatable bonds is 4. The van der Waals surface area contributed by atoms with Gasteiger partial charge in [0.2, 0.25) is 11.8 Å². The number of hydrogen-bond acceptors (Lipinski definition) is 2. The Hall–Kier alpha value is -1.06. The Morgan fingerprint density at radius 2 is 1.92 bits per heavy atom. The van der Waals surface area contributed by atoms with E-state index in [1.54, 1.807) is 7.05 Å². The molecule has 0 rings (SSSR count). The lowest BCUT2D eigenvalue weighted by atomic mass is 10.1. The zero-order chi connectivity index (χ0) is 9.72. The summed E-state index contributed by atoms with van der Waals surface area (Å²) in [4.78, 5) is 23.0. The molecule has 0 spiro atoms. The molecular formula is C8H16N2O2. The van der Waals surface area contributed by atoms with Crippen LogP contribution in [0.3, 0.4) is 0 Å². The van der Waals surface area contributed by atoms with Crippen LogP contribution in [0.1, 0.15) is 20.3 Å². The molecule has 0 atom stereocenters. The van der Waals surface area contributed by atoms with E-state index in [0.717, 1.165) is 0 Å². The van der Waals surface area contributed by atoms with Gasteiger partial charge in [-0.2, -0.15) is 0 Å². The molecule has 0 bridgehead atoms. The van der Waals surface area contributed by atoms with Gasteiger partial charge in [-0.25, -0.2) is 0 Å². The van der Waals surface area contributed by atoms with Gasteiger partial charge in [0.05, 0.1) is 6.54 Å². The number of hydrogen-bond donors (Lipinski definition) is 1. The number of nitrogens with two attached hydrogens (primary N) is 1. The lowest BCUT2D eigenvalue weighted by Crippen LogP contribution is -2.35. The van der Waals surface area contributed by atoms with E-state index in [1.165, 1.54) is 4.90 Å². The first-order chi connectivity index (χ1) is 5.43. The minimum atomic E-state index is -0.477. The quantitative estimate of drug-likeness (QED) is 0.647. The highest BCUT2D eigenvalue weighted by molar-refractivity contribution is 5.83. The Kier molecular flexibility index (Phi) is 4.33. The summed E-state index contributed by atoms with van der Waals surface area (Å²) in [7, 11) is 1.58. The van der Waals surface area contributed by atoms with Crippen molar-refractivity contribution in [2.45, 2.75) is 20.3 Å². The summed E-state index contributed by atoms with van der Waals surface area (Å²) in [6.45, 7) is 3.91. The average molecular weight is 172 g/mol. The van der Waals surface area contributed by atoms with Gasteiger partial charge in [-0.1, -0.05) is 13.8 Å². The van der Waals surface area contributed by atoms with E-state index >= 15 is 0 Å². The molecule has 0 radical (unpaired) electrons. The largest absolute Gasteiger partial charge is 0.368 e. The van der Waals surface area contributed by atoms with Crippen LogP contribution in [-0.4, -0.2) is 30.3 Å². The van der Waals surface area contributed by atoms with E-state index in [4.69, 9.17) is 5.73 Å². The molecule has 70 valence electrons. The van der Waals surface area contributed by atoms with Crippen LogP contribution in [0.2, 0.25) is 0 Å². The minimum absolute atomic E-state index is 0.00551. The highest BCUT2D eigenvalue weighted by Gasteiger charge is 2.11. The van der Waals surface area contributed by atoms with Gasteiger partial charge in [0.1, 0.15) is 0 Å². The first-order valence-electron chi connectivity index (χ1n) is 3.95. The van der Waals surface area contributed by atoms with Crippen LogP contribution in [0, 0.1) is 5.92 Å². The van der Waals surface area contributed by atoms with E-state index in [9.17, 15) is 9.59 Å². The predicted octanol–water partition coefficient (Wildman–Crippen LogP) is -0.0238. The Morgan fingerprint density at radius 1 is 1.42 bits per heavy atom. The molecule has 4 nitrogen and oxygen atoms in total. The van der Waals surface area contributed by atoms with Gasteiger partial charge in [0.15, 0.2) is 0 Å². The third-order valence-electron chi connectivity index (χ3n) is 1.40. The molecule has 0 saturated carbocycles. The number of carbonyl (C=O) groups is 2. The van der Waals surface area contributed by atoms with Gasteiger partial charge in [-0.05, 0) is 5.92 Å².